The zero-order valence-corrected chi connectivity index (χ0v) is 11.5. The van der Waals surface area contributed by atoms with E-state index >= 15 is 0 Å². The molecule has 1 heterocycles. The average Bonchev–Trinajstić information content (AvgIpc) is 2.48. The lowest BCUT2D eigenvalue weighted by atomic mass is 9.95. The first-order chi connectivity index (χ1) is 10.1. The molecule has 0 aliphatic heterocycles. The van der Waals surface area contributed by atoms with Gasteiger partial charge in [-0.05, 0) is 30.7 Å². The molecule has 1 unspecified atom stereocenters. The molecule has 2 nitrogen and oxygen atoms in total. The summed E-state index contributed by atoms with van der Waals surface area (Å²) in [6.07, 6.45) is 0. The van der Waals surface area contributed by atoms with Gasteiger partial charge in [0.25, 0.3) is 0 Å². The standard InChI is InChI=1S/C17H14F2N2/c1-10-9-13(11-5-2-3-8-15(11)21-10)17(20)12-6-4-7-14(18)16(12)19/h2-9,17H,20H2,1H3. The molecule has 0 aliphatic carbocycles. The molecule has 2 N–H and O–H groups in total. The first-order valence-electron chi connectivity index (χ1n) is 6.63. The monoisotopic (exact) mass is 284 g/mol. The van der Waals surface area contributed by atoms with E-state index in [0.29, 0.717) is 0 Å². The van der Waals surface area contributed by atoms with E-state index in [-0.39, 0.29) is 5.56 Å². The summed E-state index contributed by atoms with van der Waals surface area (Å²) in [5.74, 6) is -1.79. The molecule has 0 radical (unpaired) electrons. The molecule has 0 fully saturated rings. The number of hydrogen-bond donors (Lipinski definition) is 1. The third-order valence-electron chi connectivity index (χ3n) is 3.53. The summed E-state index contributed by atoms with van der Waals surface area (Å²) in [4.78, 5) is 4.43. The predicted molar refractivity (Wildman–Crippen MR) is 78.9 cm³/mol. The van der Waals surface area contributed by atoms with Gasteiger partial charge in [0, 0.05) is 16.6 Å². The van der Waals surface area contributed by atoms with Crippen molar-refractivity contribution >= 4 is 10.9 Å². The van der Waals surface area contributed by atoms with Crippen molar-refractivity contribution in [1.29, 1.82) is 0 Å². The van der Waals surface area contributed by atoms with Crippen LogP contribution < -0.4 is 5.73 Å². The Labute approximate surface area is 121 Å². The van der Waals surface area contributed by atoms with Crippen LogP contribution in [0.5, 0.6) is 0 Å². The minimum Gasteiger partial charge on any atom is -0.320 e. The number of pyridine rings is 1. The molecule has 1 atom stereocenters. The van der Waals surface area contributed by atoms with Crippen LogP contribution in [-0.2, 0) is 0 Å². The first-order valence-corrected chi connectivity index (χ1v) is 6.63. The second-order valence-corrected chi connectivity index (χ2v) is 4.99. The van der Waals surface area contributed by atoms with Gasteiger partial charge in [-0.25, -0.2) is 8.78 Å². The van der Waals surface area contributed by atoms with Gasteiger partial charge in [0.05, 0.1) is 11.6 Å². The molecule has 106 valence electrons. The van der Waals surface area contributed by atoms with E-state index in [1.54, 1.807) is 0 Å². The maximum Gasteiger partial charge on any atom is 0.163 e. The number of rotatable bonds is 2. The SMILES string of the molecule is Cc1cc(C(N)c2cccc(F)c2F)c2ccccc2n1. The number of hydrogen-bond acceptors (Lipinski definition) is 2. The Kier molecular flexibility index (Phi) is 3.39. The van der Waals surface area contributed by atoms with Crippen molar-refractivity contribution in [2.45, 2.75) is 13.0 Å². The summed E-state index contributed by atoms with van der Waals surface area (Å²) >= 11 is 0. The number of aromatic nitrogens is 1. The Hall–Kier alpha value is -2.33. The summed E-state index contributed by atoms with van der Waals surface area (Å²) in [5.41, 5.74) is 8.65. The van der Waals surface area contributed by atoms with Crippen LogP contribution in [0, 0.1) is 18.6 Å². The van der Waals surface area contributed by atoms with Crippen LogP contribution in [0.3, 0.4) is 0 Å². The molecular formula is C17H14F2N2. The van der Waals surface area contributed by atoms with Gasteiger partial charge in [0.1, 0.15) is 0 Å². The highest BCUT2D eigenvalue weighted by Crippen LogP contribution is 2.29. The number of halogens is 2. The minimum atomic E-state index is -0.899. The fraction of sp³-hybridized carbons (Fsp3) is 0.118. The van der Waals surface area contributed by atoms with Crippen LogP contribution in [0.2, 0.25) is 0 Å². The molecule has 0 saturated heterocycles. The fourth-order valence-electron chi connectivity index (χ4n) is 2.53. The summed E-state index contributed by atoms with van der Waals surface area (Å²) < 4.78 is 27.4. The van der Waals surface area contributed by atoms with Crippen LogP contribution in [-0.4, -0.2) is 4.98 Å². The van der Waals surface area contributed by atoms with E-state index in [1.807, 2.05) is 37.3 Å². The number of aryl methyl sites for hydroxylation is 1. The van der Waals surface area contributed by atoms with Crippen molar-refractivity contribution in [3.8, 4) is 0 Å². The van der Waals surface area contributed by atoms with Gasteiger partial charge in [0.15, 0.2) is 11.6 Å². The summed E-state index contributed by atoms with van der Waals surface area (Å²) in [6, 6.07) is 12.6. The lowest BCUT2D eigenvalue weighted by molar-refractivity contribution is 0.494. The Bertz CT molecular complexity index is 815. The van der Waals surface area contributed by atoms with Crippen LogP contribution in [0.15, 0.2) is 48.5 Å². The van der Waals surface area contributed by atoms with E-state index < -0.39 is 17.7 Å². The molecule has 4 heteroatoms. The van der Waals surface area contributed by atoms with Crippen LogP contribution in [0.1, 0.15) is 22.9 Å². The van der Waals surface area contributed by atoms with Gasteiger partial charge in [-0.3, -0.25) is 4.98 Å². The van der Waals surface area contributed by atoms with Crippen molar-refractivity contribution in [2.75, 3.05) is 0 Å². The van der Waals surface area contributed by atoms with Crippen LogP contribution in [0.25, 0.3) is 10.9 Å². The Morgan fingerprint density at radius 1 is 1.00 bits per heavy atom. The number of benzene rings is 2. The van der Waals surface area contributed by atoms with Crippen LogP contribution in [0.4, 0.5) is 8.78 Å². The second kappa shape index (κ2) is 5.22. The van der Waals surface area contributed by atoms with Gasteiger partial charge >= 0.3 is 0 Å². The molecule has 0 aliphatic rings. The number of para-hydroxylation sites is 1. The highest BCUT2D eigenvalue weighted by molar-refractivity contribution is 5.83. The Balaban J connectivity index is 2.22. The van der Waals surface area contributed by atoms with Crippen molar-refractivity contribution in [2.24, 2.45) is 5.73 Å². The highest BCUT2D eigenvalue weighted by atomic mass is 19.2. The van der Waals surface area contributed by atoms with E-state index in [0.717, 1.165) is 28.2 Å². The maximum atomic E-state index is 14.0. The molecule has 0 spiro atoms. The molecule has 3 rings (SSSR count). The third kappa shape index (κ3) is 2.38. The largest absolute Gasteiger partial charge is 0.320 e. The Morgan fingerprint density at radius 2 is 1.76 bits per heavy atom. The number of fused-ring (bicyclic) bond motifs is 1. The summed E-state index contributed by atoms with van der Waals surface area (Å²) in [5, 5.41) is 0.847. The van der Waals surface area contributed by atoms with Crippen LogP contribution >= 0.6 is 0 Å². The topological polar surface area (TPSA) is 38.9 Å². The van der Waals surface area contributed by atoms with Gasteiger partial charge in [-0.1, -0.05) is 30.3 Å². The zero-order valence-electron chi connectivity index (χ0n) is 11.5. The molecule has 3 aromatic rings. The lowest BCUT2D eigenvalue weighted by Gasteiger charge is -2.16. The van der Waals surface area contributed by atoms with Gasteiger partial charge in [0.2, 0.25) is 0 Å². The van der Waals surface area contributed by atoms with Gasteiger partial charge < -0.3 is 5.73 Å². The molecule has 1 aromatic heterocycles. The van der Waals surface area contributed by atoms with Gasteiger partial charge in [-0.15, -0.1) is 0 Å². The number of nitrogens with two attached hydrogens (primary N) is 1. The molecular weight excluding hydrogens is 270 g/mol. The normalized spacial score (nSPS) is 12.6. The third-order valence-corrected chi connectivity index (χ3v) is 3.53. The zero-order chi connectivity index (χ0) is 15.0. The molecule has 0 bridgehead atoms. The average molecular weight is 284 g/mol. The number of nitrogens with zero attached hydrogens (tertiary/aromatic N) is 1. The molecule has 0 amide bonds. The summed E-state index contributed by atoms with van der Waals surface area (Å²) in [7, 11) is 0. The molecule has 0 saturated carbocycles. The van der Waals surface area contributed by atoms with E-state index in [1.165, 1.54) is 12.1 Å². The Morgan fingerprint density at radius 3 is 2.57 bits per heavy atom. The predicted octanol–water partition coefficient (Wildman–Crippen LogP) is 3.87. The molecule has 2 aromatic carbocycles. The van der Waals surface area contributed by atoms with Crippen molar-refractivity contribution in [3.63, 3.8) is 0 Å². The second-order valence-electron chi connectivity index (χ2n) is 4.99. The van der Waals surface area contributed by atoms with Crippen molar-refractivity contribution in [3.05, 3.63) is 77.0 Å². The van der Waals surface area contributed by atoms with Gasteiger partial charge in [-0.2, -0.15) is 0 Å². The first kappa shape index (κ1) is 13.6. The van der Waals surface area contributed by atoms with Crippen molar-refractivity contribution < 1.29 is 8.78 Å². The summed E-state index contributed by atoms with van der Waals surface area (Å²) in [6.45, 7) is 1.85. The quantitative estimate of drug-likeness (QED) is 0.776. The van der Waals surface area contributed by atoms with E-state index in [4.69, 9.17) is 5.73 Å². The van der Waals surface area contributed by atoms with E-state index in [9.17, 15) is 8.78 Å². The van der Waals surface area contributed by atoms with Crippen molar-refractivity contribution in [1.82, 2.24) is 4.98 Å². The maximum absolute atomic E-state index is 14.0. The highest BCUT2D eigenvalue weighted by Gasteiger charge is 2.18. The fourth-order valence-corrected chi connectivity index (χ4v) is 2.53. The smallest absolute Gasteiger partial charge is 0.163 e. The minimum absolute atomic E-state index is 0.144. The molecule has 21 heavy (non-hydrogen) atoms. The lowest BCUT2D eigenvalue weighted by Crippen LogP contribution is -2.15. The van der Waals surface area contributed by atoms with E-state index in [2.05, 4.69) is 4.98 Å².